The first-order valence-corrected chi connectivity index (χ1v) is 8.31. The molecule has 1 aromatic rings. The van der Waals surface area contributed by atoms with Gasteiger partial charge in [0.2, 0.25) is 5.96 Å². The van der Waals surface area contributed by atoms with Crippen molar-refractivity contribution in [3.63, 3.8) is 0 Å². The minimum Gasteiger partial charge on any atom is -0.369 e. The second-order valence-corrected chi connectivity index (χ2v) is 6.38. The van der Waals surface area contributed by atoms with E-state index in [0.29, 0.717) is 11.6 Å². The average Bonchev–Trinajstić information content (AvgIpc) is 2.47. The molecule has 1 aliphatic rings. The smallest absolute Gasteiger partial charge is 0.294 e. The third-order valence-electron chi connectivity index (χ3n) is 3.29. The van der Waals surface area contributed by atoms with Crippen LogP contribution in [0.1, 0.15) is 19.3 Å². The Kier molecular flexibility index (Phi) is 6.79. The highest BCUT2D eigenvalue weighted by Gasteiger charge is 2.12. The van der Waals surface area contributed by atoms with Gasteiger partial charge in [0, 0.05) is 13.1 Å². The number of rotatable bonds is 2. The molecule has 0 amide bonds. The van der Waals surface area contributed by atoms with E-state index < -0.39 is 10.1 Å². The van der Waals surface area contributed by atoms with Gasteiger partial charge in [-0.3, -0.25) is 4.55 Å². The Morgan fingerprint density at radius 3 is 2.17 bits per heavy atom. The molecule has 1 aliphatic heterocycles. The van der Waals surface area contributed by atoms with Gasteiger partial charge in [-0.05, 0) is 43.5 Å². The van der Waals surface area contributed by atoms with E-state index in [1.54, 1.807) is 0 Å². The van der Waals surface area contributed by atoms with Gasteiger partial charge in [-0.15, -0.1) is 12.4 Å². The zero-order chi connectivity index (χ0) is 16.2. The first-order chi connectivity index (χ1) is 10.4. The summed E-state index contributed by atoms with van der Waals surface area (Å²) >= 11 is 0. The molecule has 0 unspecified atom stereocenters. The van der Waals surface area contributed by atoms with Gasteiger partial charge in [-0.25, -0.2) is 4.99 Å². The van der Waals surface area contributed by atoms with Crippen molar-refractivity contribution in [1.29, 1.82) is 0 Å². The summed E-state index contributed by atoms with van der Waals surface area (Å²) in [5.74, 6) is 0.318. The fourth-order valence-corrected chi connectivity index (χ4v) is 2.64. The van der Waals surface area contributed by atoms with Crippen LogP contribution in [-0.4, -0.2) is 42.9 Å². The number of hydrogen-bond acceptors (Lipinski definition) is 3. The Hall–Kier alpha value is -1.84. The third kappa shape index (κ3) is 5.70. The van der Waals surface area contributed by atoms with Crippen molar-refractivity contribution in [2.24, 2.45) is 21.5 Å². The van der Waals surface area contributed by atoms with Crippen molar-refractivity contribution in [2.75, 3.05) is 13.1 Å². The summed E-state index contributed by atoms with van der Waals surface area (Å²) in [6, 6.07) is 5.31. The van der Waals surface area contributed by atoms with E-state index in [1.165, 1.54) is 30.7 Å². The SMILES string of the molecule is Cl.NC(=Nc1ccc(S(=O)(=O)O)cc1)/N=C(/N)N1CCCCC1. The molecular weight excluding hydrogens is 342 g/mol. The molecule has 0 radical (unpaired) electrons. The molecule has 0 aromatic heterocycles. The van der Waals surface area contributed by atoms with Crippen LogP contribution in [0.2, 0.25) is 0 Å². The van der Waals surface area contributed by atoms with Crippen LogP contribution in [0.3, 0.4) is 0 Å². The summed E-state index contributed by atoms with van der Waals surface area (Å²) in [5.41, 5.74) is 12.0. The normalized spacial score (nSPS) is 16.8. The van der Waals surface area contributed by atoms with Crippen LogP contribution in [0.15, 0.2) is 39.1 Å². The molecule has 0 saturated carbocycles. The maximum absolute atomic E-state index is 10.9. The molecule has 5 N–H and O–H groups in total. The van der Waals surface area contributed by atoms with E-state index in [4.69, 9.17) is 16.0 Å². The van der Waals surface area contributed by atoms with Gasteiger partial charge in [-0.2, -0.15) is 13.4 Å². The van der Waals surface area contributed by atoms with Crippen LogP contribution >= 0.6 is 12.4 Å². The Bertz CT molecular complexity index is 682. The molecule has 0 aliphatic carbocycles. The van der Waals surface area contributed by atoms with Gasteiger partial charge in [0.15, 0.2) is 5.96 Å². The van der Waals surface area contributed by atoms with Crippen LogP contribution < -0.4 is 11.5 Å². The van der Waals surface area contributed by atoms with Gasteiger partial charge >= 0.3 is 0 Å². The van der Waals surface area contributed by atoms with Crippen LogP contribution in [0, 0.1) is 0 Å². The molecular formula is C13H20ClN5O3S. The van der Waals surface area contributed by atoms with Gasteiger partial charge in [0.25, 0.3) is 10.1 Å². The monoisotopic (exact) mass is 361 g/mol. The lowest BCUT2D eigenvalue weighted by Crippen LogP contribution is -2.41. The number of likely N-dealkylation sites (tertiary alicyclic amines) is 1. The molecule has 1 aromatic carbocycles. The lowest BCUT2D eigenvalue weighted by atomic mass is 10.1. The van der Waals surface area contributed by atoms with Gasteiger partial charge in [0.05, 0.1) is 10.6 Å². The minimum atomic E-state index is -4.22. The molecule has 10 heteroatoms. The number of guanidine groups is 2. The third-order valence-corrected chi connectivity index (χ3v) is 4.16. The number of nitrogens with two attached hydrogens (primary N) is 2. The van der Waals surface area contributed by atoms with Crippen LogP contribution in [0.25, 0.3) is 0 Å². The predicted octanol–water partition coefficient (Wildman–Crippen LogP) is 1.10. The Labute approximate surface area is 141 Å². The predicted molar refractivity (Wildman–Crippen MR) is 91.8 cm³/mol. The van der Waals surface area contributed by atoms with Crippen molar-refractivity contribution >= 4 is 40.1 Å². The Balaban J connectivity index is 0.00000264. The molecule has 1 fully saturated rings. The lowest BCUT2D eigenvalue weighted by Gasteiger charge is -2.27. The Morgan fingerprint density at radius 2 is 1.65 bits per heavy atom. The fraction of sp³-hybridized carbons (Fsp3) is 0.385. The number of piperidine rings is 1. The van der Waals surface area contributed by atoms with Gasteiger partial charge < -0.3 is 16.4 Å². The largest absolute Gasteiger partial charge is 0.369 e. The number of hydrogen-bond donors (Lipinski definition) is 3. The van der Waals surface area contributed by atoms with Crippen LogP contribution in [0.5, 0.6) is 0 Å². The summed E-state index contributed by atoms with van der Waals surface area (Å²) < 4.78 is 30.8. The molecule has 2 rings (SSSR count). The van der Waals surface area contributed by atoms with E-state index in [0.717, 1.165) is 25.9 Å². The maximum Gasteiger partial charge on any atom is 0.294 e. The van der Waals surface area contributed by atoms with Crippen molar-refractivity contribution in [2.45, 2.75) is 24.2 Å². The molecule has 1 saturated heterocycles. The number of halogens is 1. The zero-order valence-electron chi connectivity index (χ0n) is 12.4. The number of nitrogens with zero attached hydrogens (tertiary/aromatic N) is 3. The average molecular weight is 362 g/mol. The van der Waals surface area contributed by atoms with Crippen molar-refractivity contribution in [3.05, 3.63) is 24.3 Å². The molecule has 1 heterocycles. The highest BCUT2D eigenvalue weighted by molar-refractivity contribution is 7.85. The number of aliphatic imine (C=N–C) groups is 2. The highest BCUT2D eigenvalue weighted by Crippen LogP contribution is 2.16. The minimum absolute atomic E-state index is 0. The fourth-order valence-electron chi connectivity index (χ4n) is 2.16. The summed E-state index contributed by atoms with van der Waals surface area (Å²) in [7, 11) is -4.22. The Morgan fingerprint density at radius 1 is 1.09 bits per heavy atom. The van der Waals surface area contributed by atoms with Crippen LogP contribution in [-0.2, 0) is 10.1 Å². The first-order valence-electron chi connectivity index (χ1n) is 6.87. The highest BCUT2D eigenvalue weighted by atomic mass is 35.5. The summed E-state index contributed by atoms with van der Waals surface area (Å²) in [6.45, 7) is 1.71. The first kappa shape index (κ1) is 19.2. The van der Waals surface area contributed by atoms with Crippen LogP contribution in [0.4, 0.5) is 5.69 Å². The molecule has 0 atom stereocenters. The van der Waals surface area contributed by atoms with Gasteiger partial charge in [0.1, 0.15) is 0 Å². The summed E-state index contributed by atoms with van der Waals surface area (Å²) in [6.07, 6.45) is 3.34. The second-order valence-electron chi connectivity index (χ2n) is 4.96. The zero-order valence-corrected chi connectivity index (χ0v) is 14.1. The topological polar surface area (TPSA) is 134 Å². The summed E-state index contributed by atoms with van der Waals surface area (Å²) in [5, 5.41) is 0. The standard InChI is InChI=1S/C13H19N5O3S.ClH/c14-12(17-13(15)18-8-2-1-3-9-18)16-10-4-6-11(7-5-10)22(19,20)21;/h4-7H,1-3,8-9H2,(H,19,20,21)(H4,14,15,16,17);1H. The summed E-state index contributed by atoms with van der Waals surface area (Å²) in [4.78, 5) is 9.83. The lowest BCUT2D eigenvalue weighted by molar-refractivity contribution is 0.339. The van der Waals surface area contributed by atoms with E-state index in [9.17, 15) is 8.42 Å². The van der Waals surface area contributed by atoms with Crippen molar-refractivity contribution in [3.8, 4) is 0 Å². The van der Waals surface area contributed by atoms with Crippen molar-refractivity contribution < 1.29 is 13.0 Å². The molecule has 0 spiro atoms. The number of benzene rings is 1. The van der Waals surface area contributed by atoms with E-state index in [1.807, 2.05) is 4.90 Å². The van der Waals surface area contributed by atoms with Crippen molar-refractivity contribution in [1.82, 2.24) is 4.90 Å². The quantitative estimate of drug-likeness (QED) is 0.410. The molecule has 23 heavy (non-hydrogen) atoms. The van der Waals surface area contributed by atoms with Gasteiger partial charge in [-0.1, -0.05) is 0 Å². The molecule has 128 valence electrons. The molecule has 8 nitrogen and oxygen atoms in total. The molecule has 0 bridgehead atoms. The van der Waals surface area contributed by atoms with E-state index in [2.05, 4.69) is 9.98 Å². The van der Waals surface area contributed by atoms with E-state index in [-0.39, 0.29) is 23.3 Å². The van der Waals surface area contributed by atoms with E-state index >= 15 is 0 Å². The maximum atomic E-state index is 10.9. The second kappa shape index (κ2) is 8.14.